The van der Waals surface area contributed by atoms with E-state index in [2.05, 4.69) is 42.2 Å². The second kappa shape index (κ2) is 6.96. The third-order valence-corrected chi connectivity index (χ3v) is 5.81. The van der Waals surface area contributed by atoms with Gasteiger partial charge >= 0.3 is 0 Å². The zero-order valence-electron chi connectivity index (χ0n) is 14.0. The van der Waals surface area contributed by atoms with E-state index in [1.54, 1.807) is 0 Å². The number of rotatable bonds is 2. The molecule has 1 aromatic carbocycles. The monoisotopic (exact) mass is 352 g/mol. The van der Waals surface area contributed by atoms with Gasteiger partial charge in [0, 0.05) is 30.1 Å². The maximum absolute atomic E-state index is 12.9. The molecule has 1 saturated heterocycles. The number of carbonyl (C=O) groups excluding carboxylic acids is 1. The summed E-state index contributed by atoms with van der Waals surface area (Å²) >= 11 is 1.52. The predicted octanol–water partition coefficient (Wildman–Crippen LogP) is 5.18. The molecule has 4 rings (SSSR count). The van der Waals surface area contributed by atoms with Crippen molar-refractivity contribution in [2.24, 2.45) is 0 Å². The van der Waals surface area contributed by atoms with E-state index in [1.165, 1.54) is 22.5 Å². The van der Waals surface area contributed by atoms with Gasteiger partial charge in [0.05, 0.1) is 4.88 Å². The van der Waals surface area contributed by atoms with Gasteiger partial charge in [0.1, 0.15) is 4.83 Å². The summed E-state index contributed by atoms with van der Waals surface area (Å²) in [4.78, 5) is 21.2. The normalized spacial score (nSPS) is 16.9. The molecule has 0 saturated carbocycles. The Morgan fingerprint density at radius 3 is 2.72 bits per heavy atom. The van der Waals surface area contributed by atoms with Gasteiger partial charge in [0.2, 0.25) is 0 Å². The van der Waals surface area contributed by atoms with Crippen molar-refractivity contribution in [3.8, 4) is 0 Å². The third-order valence-electron chi connectivity index (χ3n) is 4.80. The predicted molar refractivity (Wildman–Crippen MR) is 106 cm³/mol. The number of aromatic nitrogens is 1. The molecule has 1 aliphatic heterocycles. The van der Waals surface area contributed by atoms with Crippen LogP contribution in [0.2, 0.25) is 0 Å². The first-order chi connectivity index (χ1) is 11.6. The SMILES string of the molecule is C.Cc1cc(C)c2cc(C(=O)N3CCC(c4ccccc4)C3)sc2n1. The molecule has 0 bridgehead atoms. The molecular weight excluding hydrogens is 328 g/mol. The van der Waals surface area contributed by atoms with Gasteiger partial charge < -0.3 is 4.90 Å². The molecule has 3 heterocycles. The minimum atomic E-state index is 0. The molecule has 1 unspecified atom stereocenters. The Hall–Kier alpha value is -2.20. The molecule has 0 spiro atoms. The number of thiophene rings is 1. The Bertz CT molecular complexity index is 901. The maximum atomic E-state index is 12.9. The Morgan fingerprint density at radius 2 is 1.96 bits per heavy atom. The molecule has 2 aromatic heterocycles. The average Bonchev–Trinajstić information content (AvgIpc) is 3.22. The molecule has 3 aromatic rings. The van der Waals surface area contributed by atoms with Crippen molar-refractivity contribution in [3.63, 3.8) is 0 Å². The Balaban J connectivity index is 0.00000182. The fourth-order valence-electron chi connectivity index (χ4n) is 3.53. The van der Waals surface area contributed by atoms with Gasteiger partial charge in [0.15, 0.2) is 0 Å². The molecular formula is C21H24N2OS. The van der Waals surface area contributed by atoms with Gasteiger partial charge in [-0.3, -0.25) is 4.79 Å². The van der Waals surface area contributed by atoms with Crippen molar-refractivity contribution in [1.82, 2.24) is 9.88 Å². The molecule has 4 heteroatoms. The molecule has 1 fully saturated rings. The van der Waals surface area contributed by atoms with Crippen molar-refractivity contribution in [2.75, 3.05) is 13.1 Å². The van der Waals surface area contributed by atoms with E-state index in [9.17, 15) is 4.79 Å². The summed E-state index contributed by atoms with van der Waals surface area (Å²) in [7, 11) is 0. The highest BCUT2D eigenvalue weighted by Gasteiger charge is 2.28. The van der Waals surface area contributed by atoms with Crippen LogP contribution in [0.5, 0.6) is 0 Å². The van der Waals surface area contributed by atoms with E-state index in [-0.39, 0.29) is 13.3 Å². The summed E-state index contributed by atoms with van der Waals surface area (Å²) in [6, 6.07) is 14.6. The quantitative estimate of drug-likeness (QED) is 0.637. The number of hydrogen-bond acceptors (Lipinski definition) is 3. The first kappa shape index (κ1) is 17.6. The van der Waals surface area contributed by atoms with Crippen molar-refractivity contribution in [1.29, 1.82) is 0 Å². The number of pyridine rings is 1. The third kappa shape index (κ3) is 3.31. The van der Waals surface area contributed by atoms with Gasteiger partial charge in [0.25, 0.3) is 5.91 Å². The molecule has 1 atom stereocenters. The van der Waals surface area contributed by atoms with Gasteiger partial charge in [-0.15, -0.1) is 11.3 Å². The molecule has 1 amide bonds. The van der Waals surface area contributed by atoms with Crippen molar-refractivity contribution < 1.29 is 4.79 Å². The number of fused-ring (bicyclic) bond motifs is 1. The molecule has 25 heavy (non-hydrogen) atoms. The summed E-state index contributed by atoms with van der Waals surface area (Å²) in [6.45, 7) is 5.72. The van der Waals surface area contributed by atoms with Crippen LogP contribution in [0.15, 0.2) is 42.5 Å². The number of amides is 1. The van der Waals surface area contributed by atoms with E-state index in [1.807, 2.05) is 24.0 Å². The van der Waals surface area contributed by atoms with E-state index in [0.717, 1.165) is 40.3 Å². The van der Waals surface area contributed by atoms with E-state index < -0.39 is 0 Å². The van der Waals surface area contributed by atoms with E-state index in [0.29, 0.717) is 5.92 Å². The average molecular weight is 353 g/mol. The highest BCUT2D eigenvalue weighted by atomic mass is 32.1. The number of hydrogen-bond donors (Lipinski definition) is 0. The number of likely N-dealkylation sites (tertiary alicyclic amines) is 1. The number of carbonyl (C=O) groups is 1. The fourth-order valence-corrected chi connectivity index (χ4v) is 4.65. The largest absolute Gasteiger partial charge is 0.337 e. The lowest BCUT2D eigenvalue weighted by molar-refractivity contribution is 0.0795. The van der Waals surface area contributed by atoms with Crippen molar-refractivity contribution >= 4 is 27.5 Å². The van der Waals surface area contributed by atoms with E-state index >= 15 is 0 Å². The standard InChI is InChI=1S/C20H20N2OS.CH4/c1-13-10-14(2)21-19-17(13)11-18(24-19)20(23)22-9-8-16(12-22)15-6-4-3-5-7-15;/h3-7,10-11,16H,8-9,12H2,1-2H3;1H4. The summed E-state index contributed by atoms with van der Waals surface area (Å²) in [5.74, 6) is 0.597. The number of nitrogens with zero attached hydrogens (tertiary/aromatic N) is 2. The zero-order valence-corrected chi connectivity index (χ0v) is 14.8. The zero-order chi connectivity index (χ0) is 16.7. The summed E-state index contributed by atoms with van der Waals surface area (Å²) in [5.41, 5.74) is 3.53. The Kier molecular flexibility index (Phi) is 4.91. The van der Waals surface area contributed by atoms with Crippen LogP contribution < -0.4 is 0 Å². The number of benzene rings is 1. The number of aryl methyl sites for hydroxylation is 2. The van der Waals surface area contributed by atoms with Crippen LogP contribution in [-0.4, -0.2) is 28.9 Å². The minimum absolute atomic E-state index is 0. The molecule has 1 aliphatic rings. The Morgan fingerprint density at radius 1 is 1.20 bits per heavy atom. The maximum Gasteiger partial charge on any atom is 0.264 e. The second-order valence-electron chi connectivity index (χ2n) is 6.56. The lowest BCUT2D eigenvalue weighted by atomic mass is 9.99. The van der Waals surface area contributed by atoms with Crippen LogP contribution in [0.1, 0.15) is 46.3 Å². The van der Waals surface area contributed by atoms with E-state index in [4.69, 9.17) is 0 Å². The molecule has 0 aliphatic carbocycles. The van der Waals surface area contributed by atoms with Gasteiger partial charge in [-0.2, -0.15) is 0 Å². The smallest absolute Gasteiger partial charge is 0.264 e. The molecule has 130 valence electrons. The first-order valence-corrected chi connectivity index (χ1v) is 9.15. The van der Waals surface area contributed by atoms with Crippen LogP contribution in [0.25, 0.3) is 10.2 Å². The summed E-state index contributed by atoms with van der Waals surface area (Å²) < 4.78 is 0. The molecule has 3 nitrogen and oxygen atoms in total. The van der Waals surface area contributed by atoms with Crippen LogP contribution >= 0.6 is 11.3 Å². The van der Waals surface area contributed by atoms with Crippen LogP contribution in [0.3, 0.4) is 0 Å². The highest BCUT2D eigenvalue weighted by Crippen LogP contribution is 2.32. The Labute approximate surface area is 153 Å². The van der Waals surface area contributed by atoms with Crippen molar-refractivity contribution in [3.05, 3.63) is 64.2 Å². The highest BCUT2D eigenvalue weighted by molar-refractivity contribution is 7.20. The summed E-state index contributed by atoms with van der Waals surface area (Å²) in [6.07, 6.45) is 1.04. The van der Waals surface area contributed by atoms with Crippen LogP contribution in [0, 0.1) is 13.8 Å². The molecule has 0 radical (unpaired) electrons. The van der Waals surface area contributed by atoms with Crippen molar-refractivity contribution in [2.45, 2.75) is 33.6 Å². The fraction of sp³-hybridized carbons (Fsp3) is 0.333. The lowest BCUT2D eigenvalue weighted by Crippen LogP contribution is -2.27. The van der Waals surface area contributed by atoms with Gasteiger partial charge in [-0.05, 0) is 43.5 Å². The van der Waals surface area contributed by atoms with Gasteiger partial charge in [-0.1, -0.05) is 37.8 Å². The second-order valence-corrected chi connectivity index (χ2v) is 7.59. The molecule has 0 N–H and O–H groups in total. The van der Waals surface area contributed by atoms with Crippen LogP contribution in [0.4, 0.5) is 0 Å². The summed E-state index contributed by atoms with van der Waals surface area (Å²) in [5, 5.41) is 1.10. The lowest BCUT2D eigenvalue weighted by Gasteiger charge is -2.15. The van der Waals surface area contributed by atoms with Gasteiger partial charge in [-0.25, -0.2) is 4.98 Å². The first-order valence-electron chi connectivity index (χ1n) is 8.34. The minimum Gasteiger partial charge on any atom is -0.337 e. The van der Waals surface area contributed by atoms with Crippen LogP contribution in [-0.2, 0) is 0 Å². The topological polar surface area (TPSA) is 33.2 Å².